The van der Waals surface area contributed by atoms with E-state index >= 15 is 0 Å². The molecule has 2 aromatic carbocycles. The van der Waals surface area contributed by atoms with Crippen molar-refractivity contribution >= 4 is 23.3 Å². The number of carbonyl (C=O) groups is 1. The van der Waals surface area contributed by atoms with Gasteiger partial charge in [-0.05, 0) is 55.4 Å². The van der Waals surface area contributed by atoms with Crippen LogP contribution in [0.3, 0.4) is 0 Å². The van der Waals surface area contributed by atoms with Gasteiger partial charge in [0.05, 0.1) is 12.2 Å². The van der Waals surface area contributed by atoms with Crippen molar-refractivity contribution in [1.29, 1.82) is 0 Å². The molecular weight excluding hydrogens is 348 g/mol. The van der Waals surface area contributed by atoms with Gasteiger partial charge >= 0.3 is 6.03 Å². The van der Waals surface area contributed by atoms with Crippen LogP contribution < -0.4 is 9.64 Å². The van der Waals surface area contributed by atoms with Crippen LogP contribution >= 0.6 is 11.6 Å². The quantitative estimate of drug-likeness (QED) is 0.684. The molecule has 0 bridgehead atoms. The molecule has 0 radical (unpaired) electrons. The number of hydrogen-bond acceptors (Lipinski definition) is 2. The lowest BCUT2D eigenvalue weighted by Gasteiger charge is -2.56. The molecular formula is C21H21ClN2O2. The van der Waals surface area contributed by atoms with E-state index in [2.05, 4.69) is 0 Å². The monoisotopic (exact) mass is 368 g/mol. The summed E-state index contributed by atoms with van der Waals surface area (Å²) in [5, 5.41) is 0.599. The predicted octanol–water partition coefficient (Wildman–Crippen LogP) is 5.30. The molecule has 5 rings (SSSR count). The average molecular weight is 369 g/mol. The molecule has 2 aliphatic carbocycles. The van der Waals surface area contributed by atoms with Crippen molar-refractivity contribution in [2.75, 3.05) is 11.9 Å². The van der Waals surface area contributed by atoms with Crippen LogP contribution in [-0.2, 0) is 6.54 Å². The molecule has 2 amide bonds. The first-order chi connectivity index (χ1) is 12.6. The maximum Gasteiger partial charge on any atom is 0.324 e. The summed E-state index contributed by atoms with van der Waals surface area (Å²) in [7, 11) is 1.93. The summed E-state index contributed by atoms with van der Waals surface area (Å²) in [6, 6.07) is 13.7. The van der Waals surface area contributed by atoms with Gasteiger partial charge in [0.1, 0.15) is 5.75 Å². The van der Waals surface area contributed by atoms with Crippen molar-refractivity contribution in [3.63, 3.8) is 0 Å². The molecule has 2 aromatic rings. The Labute approximate surface area is 158 Å². The van der Waals surface area contributed by atoms with E-state index in [1.807, 2.05) is 48.3 Å². The van der Waals surface area contributed by atoms with Gasteiger partial charge in [0.25, 0.3) is 0 Å². The van der Waals surface area contributed by atoms with Gasteiger partial charge in [-0.2, -0.15) is 0 Å². The molecule has 134 valence electrons. The fraction of sp³-hybridized carbons (Fsp3) is 0.381. The summed E-state index contributed by atoms with van der Waals surface area (Å²) < 4.78 is 6.10. The highest BCUT2D eigenvalue weighted by Gasteiger charge is 2.50. The van der Waals surface area contributed by atoms with E-state index in [0.29, 0.717) is 29.3 Å². The molecule has 0 spiro atoms. The normalized spacial score (nSPS) is 25.5. The lowest BCUT2D eigenvalue weighted by molar-refractivity contribution is -0.0362. The lowest BCUT2D eigenvalue weighted by atomic mass is 9.56. The topological polar surface area (TPSA) is 32.8 Å². The Hall–Kier alpha value is -2.20. The molecule has 2 fully saturated rings. The van der Waals surface area contributed by atoms with Crippen LogP contribution in [0.2, 0.25) is 5.02 Å². The van der Waals surface area contributed by atoms with Gasteiger partial charge in [0.15, 0.2) is 5.75 Å². The van der Waals surface area contributed by atoms with Crippen LogP contribution in [0.1, 0.15) is 24.8 Å². The number of ether oxygens (including phenoxy) is 1. The fourth-order valence-corrected chi connectivity index (χ4v) is 4.69. The van der Waals surface area contributed by atoms with Crippen LogP contribution in [0.5, 0.6) is 11.5 Å². The third-order valence-corrected chi connectivity index (χ3v) is 6.51. The van der Waals surface area contributed by atoms with Gasteiger partial charge < -0.3 is 9.64 Å². The molecule has 1 heterocycles. The SMILES string of the molecule is CN(C(=O)N1Cc2ccccc2Oc2ccc(Cl)cc21)C1CC2CCC21. The number of anilines is 1. The van der Waals surface area contributed by atoms with E-state index in [9.17, 15) is 4.79 Å². The second-order valence-electron chi connectivity index (χ2n) is 7.61. The van der Waals surface area contributed by atoms with Crippen molar-refractivity contribution in [2.45, 2.75) is 31.8 Å². The summed E-state index contributed by atoms with van der Waals surface area (Å²) in [5.74, 6) is 2.98. The van der Waals surface area contributed by atoms with E-state index in [1.54, 1.807) is 11.0 Å². The average Bonchev–Trinajstić information content (AvgIpc) is 2.79. The zero-order valence-corrected chi connectivity index (χ0v) is 15.4. The molecule has 3 atom stereocenters. The molecule has 3 aliphatic rings. The third kappa shape index (κ3) is 2.39. The Balaban J connectivity index is 1.52. The number of amides is 2. The number of nitrogens with zero attached hydrogens (tertiary/aromatic N) is 2. The molecule has 2 saturated carbocycles. The number of para-hydroxylation sites is 1. The molecule has 1 aliphatic heterocycles. The Kier molecular flexibility index (Phi) is 3.64. The largest absolute Gasteiger partial charge is 0.455 e. The summed E-state index contributed by atoms with van der Waals surface area (Å²) in [6.45, 7) is 0.480. The first-order valence-corrected chi connectivity index (χ1v) is 9.59. The zero-order chi connectivity index (χ0) is 17.8. The number of benzene rings is 2. The highest BCUT2D eigenvalue weighted by atomic mass is 35.5. The highest BCUT2D eigenvalue weighted by Crippen LogP contribution is 2.52. The van der Waals surface area contributed by atoms with Gasteiger partial charge in [-0.15, -0.1) is 0 Å². The molecule has 0 N–H and O–H groups in total. The smallest absolute Gasteiger partial charge is 0.324 e. The van der Waals surface area contributed by atoms with Gasteiger partial charge in [0, 0.05) is 23.7 Å². The first-order valence-electron chi connectivity index (χ1n) is 9.21. The minimum Gasteiger partial charge on any atom is -0.455 e. The van der Waals surface area contributed by atoms with Crippen molar-refractivity contribution in [1.82, 2.24) is 4.90 Å². The van der Waals surface area contributed by atoms with E-state index in [0.717, 1.165) is 29.3 Å². The van der Waals surface area contributed by atoms with Crippen molar-refractivity contribution in [3.8, 4) is 11.5 Å². The van der Waals surface area contributed by atoms with Crippen LogP contribution in [0.25, 0.3) is 0 Å². The Bertz CT molecular complexity index is 884. The van der Waals surface area contributed by atoms with Gasteiger partial charge in [-0.3, -0.25) is 4.90 Å². The number of rotatable bonds is 1. The molecule has 4 nitrogen and oxygen atoms in total. The maximum absolute atomic E-state index is 13.4. The van der Waals surface area contributed by atoms with E-state index in [4.69, 9.17) is 16.3 Å². The molecule has 3 unspecified atom stereocenters. The summed E-state index contributed by atoms with van der Waals surface area (Å²) >= 11 is 6.24. The summed E-state index contributed by atoms with van der Waals surface area (Å²) in [6.07, 6.45) is 3.71. The fourth-order valence-electron chi connectivity index (χ4n) is 4.53. The van der Waals surface area contributed by atoms with Crippen LogP contribution in [-0.4, -0.2) is 24.0 Å². The standard InChI is InChI=1S/C21H21ClN2O2/c1-23(17-10-13-6-8-16(13)17)21(25)24-12-14-4-2-3-5-19(14)26-20-9-7-15(22)11-18(20)24/h2-5,7,9,11,13,16-17H,6,8,10,12H2,1H3. The van der Waals surface area contributed by atoms with E-state index in [1.165, 1.54) is 12.8 Å². The van der Waals surface area contributed by atoms with Crippen LogP contribution in [0.15, 0.2) is 42.5 Å². The summed E-state index contributed by atoms with van der Waals surface area (Å²) in [4.78, 5) is 17.1. The Morgan fingerprint density at radius 3 is 2.77 bits per heavy atom. The van der Waals surface area contributed by atoms with Gasteiger partial charge in [-0.25, -0.2) is 4.79 Å². The molecule has 26 heavy (non-hydrogen) atoms. The number of urea groups is 1. The number of halogens is 1. The molecule has 0 aromatic heterocycles. The Morgan fingerprint density at radius 2 is 2.04 bits per heavy atom. The minimum atomic E-state index is 0.0177. The van der Waals surface area contributed by atoms with Crippen molar-refractivity contribution < 1.29 is 9.53 Å². The molecule has 0 saturated heterocycles. The predicted molar refractivity (Wildman–Crippen MR) is 102 cm³/mol. The van der Waals surface area contributed by atoms with Crippen LogP contribution in [0.4, 0.5) is 10.5 Å². The van der Waals surface area contributed by atoms with E-state index in [-0.39, 0.29) is 6.03 Å². The first kappa shape index (κ1) is 16.0. The second-order valence-corrected chi connectivity index (χ2v) is 8.04. The Morgan fingerprint density at radius 1 is 1.19 bits per heavy atom. The third-order valence-electron chi connectivity index (χ3n) is 6.28. The van der Waals surface area contributed by atoms with Crippen molar-refractivity contribution in [2.24, 2.45) is 11.8 Å². The van der Waals surface area contributed by atoms with Gasteiger partial charge in [-0.1, -0.05) is 29.8 Å². The number of hydrogen-bond donors (Lipinski definition) is 0. The lowest BCUT2D eigenvalue weighted by Crippen LogP contribution is -2.59. The number of carbonyl (C=O) groups excluding carboxylic acids is 1. The second kappa shape index (κ2) is 5.92. The van der Waals surface area contributed by atoms with Crippen molar-refractivity contribution in [3.05, 3.63) is 53.1 Å². The highest BCUT2D eigenvalue weighted by molar-refractivity contribution is 6.31. The summed E-state index contributed by atoms with van der Waals surface area (Å²) in [5.41, 5.74) is 1.73. The molecule has 5 heteroatoms. The number of fused-ring (bicyclic) bond motifs is 3. The zero-order valence-electron chi connectivity index (χ0n) is 14.7. The van der Waals surface area contributed by atoms with Crippen LogP contribution in [0, 0.1) is 11.8 Å². The van der Waals surface area contributed by atoms with E-state index < -0.39 is 0 Å². The maximum atomic E-state index is 13.4. The minimum absolute atomic E-state index is 0.0177. The van der Waals surface area contributed by atoms with Gasteiger partial charge in [0.2, 0.25) is 0 Å².